The van der Waals surface area contributed by atoms with E-state index in [-0.39, 0.29) is 23.8 Å². The predicted octanol–water partition coefficient (Wildman–Crippen LogP) is 3.30. The molecule has 0 aromatic heterocycles. The summed E-state index contributed by atoms with van der Waals surface area (Å²) >= 11 is 0. The van der Waals surface area contributed by atoms with Crippen molar-refractivity contribution in [2.24, 2.45) is 11.8 Å². The molecule has 1 unspecified atom stereocenters. The van der Waals surface area contributed by atoms with Crippen molar-refractivity contribution in [1.29, 1.82) is 0 Å². The van der Waals surface area contributed by atoms with Gasteiger partial charge in [-0.15, -0.1) is 0 Å². The summed E-state index contributed by atoms with van der Waals surface area (Å²) in [4.78, 5) is 26.7. The first-order valence-electron chi connectivity index (χ1n) is 9.84. The molecule has 1 aromatic rings. The number of carbonyl (C=O) groups is 2. The average Bonchev–Trinajstić information content (AvgIpc) is 3.51. The van der Waals surface area contributed by atoms with Crippen LogP contribution in [0, 0.1) is 11.8 Å². The van der Waals surface area contributed by atoms with E-state index >= 15 is 0 Å². The average molecular weight is 358 g/mol. The lowest BCUT2D eigenvalue weighted by atomic mass is 9.94. The van der Waals surface area contributed by atoms with Gasteiger partial charge in [0.25, 0.3) is 0 Å². The lowest BCUT2D eigenvalue weighted by Gasteiger charge is -2.32. The third-order valence-corrected chi connectivity index (χ3v) is 5.55. The summed E-state index contributed by atoms with van der Waals surface area (Å²) in [5.74, 6) is 1.75. The highest BCUT2D eigenvalue weighted by Gasteiger charge is 2.35. The molecule has 3 rings (SSSR count). The Morgan fingerprint density at radius 2 is 1.81 bits per heavy atom. The minimum atomic E-state index is 0.0141. The van der Waals surface area contributed by atoms with Gasteiger partial charge in [0.15, 0.2) is 0 Å². The summed E-state index contributed by atoms with van der Waals surface area (Å²) in [6.07, 6.45) is 5.35. The molecule has 2 aliphatic rings. The summed E-state index contributed by atoms with van der Waals surface area (Å²) in [7, 11) is 1.66. The number of hydrogen-bond acceptors (Lipinski definition) is 3. The largest absolute Gasteiger partial charge is 0.497 e. The molecule has 5 heteroatoms. The first-order valence-corrected chi connectivity index (χ1v) is 9.84. The Balaban J connectivity index is 1.56. The zero-order valence-electron chi connectivity index (χ0n) is 15.9. The first kappa shape index (κ1) is 18.7. The van der Waals surface area contributed by atoms with Gasteiger partial charge in [-0.05, 0) is 55.7 Å². The molecule has 1 aliphatic heterocycles. The lowest BCUT2D eigenvalue weighted by Crippen LogP contribution is -2.43. The number of nitrogens with one attached hydrogen (secondary N) is 1. The highest BCUT2D eigenvalue weighted by molar-refractivity contribution is 5.80. The zero-order chi connectivity index (χ0) is 18.5. The van der Waals surface area contributed by atoms with E-state index in [0.29, 0.717) is 25.4 Å². The lowest BCUT2D eigenvalue weighted by molar-refractivity contribution is -0.135. The van der Waals surface area contributed by atoms with E-state index in [9.17, 15) is 9.59 Å². The maximum Gasteiger partial charge on any atom is 0.223 e. The molecule has 0 spiro atoms. The molecule has 1 aromatic carbocycles. The third kappa shape index (κ3) is 4.57. The molecule has 142 valence electrons. The van der Waals surface area contributed by atoms with E-state index in [0.717, 1.165) is 30.6 Å². The van der Waals surface area contributed by atoms with Gasteiger partial charge in [-0.1, -0.05) is 19.1 Å². The number of rotatable bonds is 7. The van der Waals surface area contributed by atoms with Gasteiger partial charge in [-0.3, -0.25) is 9.59 Å². The molecule has 5 nitrogen and oxygen atoms in total. The van der Waals surface area contributed by atoms with Gasteiger partial charge in [0.2, 0.25) is 11.8 Å². The summed E-state index contributed by atoms with van der Waals surface area (Å²) in [5, 5.41) is 3.29. The van der Waals surface area contributed by atoms with Crippen LogP contribution >= 0.6 is 0 Å². The molecule has 1 atom stereocenters. The quantitative estimate of drug-likeness (QED) is 0.813. The van der Waals surface area contributed by atoms with Crippen LogP contribution < -0.4 is 10.1 Å². The van der Waals surface area contributed by atoms with Gasteiger partial charge in [-0.2, -0.15) is 0 Å². The maximum absolute atomic E-state index is 12.8. The highest BCUT2D eigenvalue weighted by atomic mass is 16.5. The minimum absolute atomic E-state index is 0.0141. The Kier molecular flexibility index (Phi) is 6.17. The van der Waals surface area contributed by atoms with Crippen LogP contribution in [0.1, 0.15) is 57.1 Å². The smallest absolute Gasteiger partial charge is 0.223 e. The SMILES string of the molecule is CCCC(=O)N1CCC(C(=O)NC(c2ccc(OC)cc2)C2CC2)CC1. The van der Waals surface area contributed by atoms with Crippen molar-refractivity contribution in [3.63, 3.8) is 0 Å². The minimum Gasteiger partial charge on any atom is -0.497 e. The predicted molar refractivity (Wildman–Crippen MR) is 101 cm³/mol. The fourth-order valence-corrected chi connectivity index (χ4v) is 3.75. The van der Waals surface area contributed by atoms with Crippen LogP contribution in [0.5, 0.6) is 5.75 Å². The number of carbonyl (C=O) groups excluding carboxylic acids is 2. The second-order valence-electron chi connectivity index (χ2n) is 7.50. The molecule has 1 heterocycles. The van der Waals surface area contributed by atoms with Crippen LogP contribution in [0.4, 0.5) is 0 Å². The van der Waals surface area contributed by atoms with Gasteiger partial charge < -0.3 is 15.0 Å². The molecule has 1 saturated carbocycles. The van der Waals surface area contributed by atoms with Crippen molar-refractivity contribution in [2.75, 3.05) is 20.2 Å². The number of likely N-dealkylation sites (tertiary alicyclic amines) is 1. The molecule has 0 bridgehead atoms. The Labute approximate surface area is 156 Å². The summed E-state index contributed by atoms with van der Waals surface area (Å²) < 4.78 is 5.23. The first-order chi connectivity index (χ1) is 12.6. The van der Waals surface area contributed by atoms with Crippen LogP contribution in [0.25, 0.3) is 0 Å². The highest BCUT2D eigenvalue weighted by Crippen LogP contribution is 2.41. The van der Waals surface area contributed by atoms with Gasteiger partial charge in [-0.25, -0.2) is 0 Å². The summed E-state index contributed by atoms with van der Waals surface area (Å²) in [5.41, 5.74) is 1.15. The van der Waals surface area contributed by atoms with E-state index in [4.69, 9.17) is 4.74 Å². The molecule has 1 N–H and O–H groups in total. The molecule has 2 amide bonds. The van der Waals surface area contributed by atoms with E-state index in [2.05, 4.69) is 5.32 Å². The number of hydrogen-bond donors (Lipinski definition) is 1. The van der Waals surface area contributed by atoms with Crippen molar-refractivity contribution in [3.05, 3.63) is 29.8 Å². The summed E-state index contributed by atoms with van der Waals surface area (Å²) in [6.45, 7) is 3.43. The zero-order valence-corrected chi connectivity index (χ0v) is 15.9. The van der Waals surface area contributed by atoms with Crippen molar-refractivity contribution in [2.45, 2.75) is 51.5 Å². The second-order valence-corrected chi connectivity index (χ2v) is 7.50. The monoisotopic (exact) mass is 358 g/mol. The second kappa shape index (κ2) is 8.56. The summed E-state index contributed by atoms with van der Waals surface area (Å²) in [6, 6.07) is 8.10. The Morgan fingerprint density at radius 3 is 2.35 bits per heavy atom. The maximum atomic E-state index is 12.8. The Hall–Kier alpha value is -2.04. The van der Waals surface area contributed by atoms with E-state index in [1.807, 2.05) is 36.1 Å². The molecule has 1 aliphatic carbocycles. The number of piperidine rings is 1. The number of methoxy groups -OCH3 is 1. The Morgan fingerprint density at radius 1 is 1.15 bits per heavy atom. The topological polar surface area (TPSA) is 58.6 Å². The van der Waals surface area contributed by atoms with Gasteiger partial charge in [0, 0.05) is 25.4 Å². The van der Waals surface area contributed by atoms with Crippen LogP contribution in [0.3, 0.4) is 0 Å². The van der Waals surface area contributed by atoms with Crippen molar-refractivity contribution >= 4 is 11.8 Å². The molecular formula is C21H30N2O3. The van der Waals surface area contributed by atoms with Gasteiger partial charge in [0.1, 0.15) is 5.75 Å². The number of ether oxygens (including phenoxy) is 1. The van der Waals surface area contributed by atoms with Crippen molar-refractivity contribution in [3.8, 4) is 5.75 Å². The number of benzene rings is 1. The molecule has 0 radical (unpaired) electrons. The van der Waals surface area contributed by atoms with Crippen LogP contribution in [-0.2, 0) is 9.59 Å². The Bertz CT molecular complexity index is 617. The molecule has 2 fully saturated rings. The standard InChI is InChI=1S/C21H30N2O3/c1-3-4-19(24)23-13-11-17(12-14-23)21(25)22-20(15-5-6-15)16-7-9-18(26-2)10-8-16/h7-10,15,17,20H,3-6,11-14H2,1-2H3,(H,22,25). The van der Waals surface area contributed by atoms with E-state index in [1.165, 1.54) is 12.8 Å². The van der Waals surface area contributed by atoms with Crippen molar-refractivity contribution in [1.82, 2.24) is 10.2 Å². The van der Waals surface area contributed by atoms with Gasteiger partial charge in [0.05, 0.1) is 13.2 Å². The van der Waals surface area contributed by atoms with Gasteiger partial charge >= 0.3 is 0 Å². The third-order valence-electron chi connectivity index (χ3n) is 5.55. The fourth-order valence-electron chi connectivity index (χ4n) is 3.75. The molecule has 1 saturated heterocycles. The number of amides is 2. The fraction of sp³-hybridized carbons (Fsp3) is 0.619. The van der Waals surface area contributed by atoms with Crippen LogP contribution in [-0.4, -0.2) is 36.9 Å². The van der Waals surface area contributed by atoms with Crippen LogP contribution in [0.15, 0.2) is 24.3 Å². The van der Waals surface area contributed by atoms with E-state index in [1.54, 1.807) is 7.11 Å². The molecule has 26 heavy (non-hydrogen) atoms. The molecular weight excluding hydrogens is 328 g/mol. The van der Waals surface area contributed by atoms with E-state index < -0.39 is 0 Å². The number of nitrogens with zero attached hydrogens (tertiary/aromatic N) is 1. The van der Waals surface area contributed by atoms with Crippen LogP contribution in [0.2, 0.25) is 0 Å². The normalized spacial score (nSPS) is 19.1. The van der Waals surface area contributed by atoms with Crippen molar-refractivity contribution < 1.29 is 14.3 Å².